The summed E-state index contributed by atoms with van der Waals surface area (Å²) in [5, 5.41) is 3.77. The number of fused-ring (bicyclic) bond motifs is 3. The minimum absolute atomic E-state index is 1.09. The van der Waals surface area contributed by atoms with E-state index in [0.29, 0.717) is 0 Å². The predicted octanol–water partition coefficient (Wildman–Crippen LogP) is 7.27. The molecule has 0 fully saturated rings. The van der Waals surface area contributed by atoms with Gasteiger partial charge in [0.15, 0.2) is 0 Å². The number of aromatic nitrogens is 1. The maximum absolute atomic E-state index is 3.60. The van der Waals surface area contributed by atoms with Crippen LogP contribution in [0, 0.1) is 0 Å². The van der Waals surface area contributed by atoms with E-state index < -0.39 is 0 Å². The van der Waals surface area contributed by atoms with E-state index in [4.69, 9.17) is 0 Å². The molecule has 0 spiro atoms. The zero-order valence-electron chi connectivity index (χ0n) is 12.3. The summed E-state index contributed by atoms with van der Waals surface area (Å²) in [5.41, 5.74) is 2.66. The number of benzene rings is 2. The van der Waals surface area contributed by atoms with Crippen LogP contribution < -0.4 is 0 Å². The second kappa shape index (κ2) is 7.50. The van der Waals surface area contributed by atoms with Crippen LogP contribution in [0.5, 0.6) is 0 Å². The van der Waals surface area contributed by atoms with E-state index in [9.17, 15) is 0 Å². The number of rotatable bonds is 6. The number of unbranched alkanes of at least 4 members (excludes halogenated alkanes) is 3. The van der Waals surface area contributed by atoms with Crippen molar-refractivity contribution in [3.05, 3.63) is 45.3 Å². The molecule has 0 atom stereocenters. The lowest BCUT2D eigenvalue weighted by atomic mass is 10.2. The van der Waals surface area contributed by atoms with Crippen LogP contribution in [-0.4, -0.2) is 9.90 Å². The molecule has 116 valence electrons. The Bertz CT molecular complexity index is 732. The van der Waals surface area contributed by atoms with Gasteiger partial charge in [0.2, 0.25) is 0 Å². The first-order valence-electron chi connectivity index (χ1n) is 7.63. The molecule has 0 amide bonds. The Labute approximate surface area is 156 Å². The zero-order valence-corrected chi connectivity index (χ0v) is 17.0. The van der Waals surface area contributed by atoms with Gasteiger partial charge in [0, 0.05) is 42.6 Å². The fraction of sp³-hybridized carbons (Fsp3) is 0.333. The van der Waals surface area contributed by atoms with Crippen LogP contribution in [0.1, 0.15) is 25.7 Å². The lowest BCUT2D eigenvalue weighted by Crippen LogP contribution is -1.97. The molecule has 0 radical (unpaired) electrons. The van der Waals surface area contributed by atoms with E-state index in [1.165, 1.54) is 47.5 Å². The van der Waals surface area contributed by atoms with Crippen molar-refractivity contribution in [1.82, 2.24) is 4.57 Å². The Morgan fingerprint density at radius 3 is 1.82 bits per heavy atom. The summed E-state index contributed by atoms with van der Waals surface area (Å²) in [7, 11) is 0. The molecule has 0 aliphatic heterocycles. The van der Waals surface area contributed by atoms with Gasteiger partial charge in [-0.2, -0.15) is 0 Å². The molecule has 0 bridgehead atoms. The van der Waals surface area contributed by atoms with E-state index in [0.717, 1.165) is 20.8 Å². The third-order valence-electron chi connectivity index (χ3n) is 4.05. The second-order valence-corrected chi connectivity index (χ2v) is 8.20. The van der Waals surface area contributed by atoms with E-state index in [1.807, 2.05) is 0 Å². The lowest BCUT2D eigenvalue weighted by molar-refractivity contribution is 0.605. The molecule has 0 aliphatic carbocycles. The summed E-state index contributed by atoms with van der Waals surface area (Å²) >= 11 is 10.7. The van der Waals surface area contributed by atoms with Gasteiger partial charge in [-0.3, -0.25) is 0 Å². The Hall–Kier alpha value is -0.320. The Kier molecular flexibility index (Phi) is 5.64. The summed E-state index contributed by atoms with van der Waals surface area (Å²) in [4.78, 5) is 0. The van der Waals surface area contributed by atoms with Crippen LogP contribution in [0.4, 0.5) is 0 Å². The van der Waals surface area contributed by atoms with Crippen LogP contribution in [0.25, 0.3) is 21.8 Å². The third-order valence-corrected chi connectivity index (χ3v) is 5.60. The largest absolute Gasteiger partial charge is 0.340 e. The predicted molar refractivity (Wildman–Crippen MR) is 107 cm³/mol. The summed E-state index contributed by atoms with van der Waals surface area (Å²) in [6.45, 7) is 1.09. The van der Waals surface area contributed by atoms with Crippen molar-refractivity contribution < 1.29 is 0 Å². The maximum atomic E-state index is 3.60. The van der Waals surface area contributed by atoms with Gasteiger partial charge < -0.3 is 4.57 Å². The van der Waals surface area contributed by atoms with Crippen LogP contribution in [-0.2, 0) is 6.54 Å². The molecule has 4 heteroatoms. The van der Waals surface area contributed by atoms with Gasteiger partial charge in [0.25, 0.3) is 0 Å². The minimum atomic E-state index is 1.09. The molecule has 0 saturated heterocycles. The van der Waals surface area contributed by atoms with Crippen molar-refractivity contribution in [2.75, 3.05) is 5.33 Å². The molecule has 1 aromatic heterocycles. The van der Waals surface area contributed by atoms with Crippen molar-refractivity contribution in [2.45, 2.75) is 32.2 Å². The van der Waals surface area contributed by atoms with Gasteiger partial charge in [-0.15, -0.1) is 0 Å². The summed E-state index contributed by atoms with van der Waals surface area (Å²) in [6, 6.07) is 13.2. The highest BCUT2D eigenvalue weighted by molar-refractivity contribution is 9.10. The van der Waals surface area contributed by atoms with Gasteiger partial charge >= 0.3 is 0 Å². The van der Waals surface area contributed by atoms with Crippen LogP contribution in [0.3, 0.4) is 0 Å². The van der Waals surface area contributed by atoms with Gasteiger partial charge in [0.1, 0.15) is 0 Å². The van der Waals surface area contributed by atoms with E-state index in [-0.39, 0.29) is 0 Å². The highest BCUT2D eigenvalue weighted by atomic mass is 79.9. The van der Waals surface area contributed by atoms with E-state index >= 15 is 0 Å². The molecule has 1 nitrogen and oxygen atoms in total. The quantitative estimate of drug-likeness (QED) is 0.254. The fourth-order valence-electron chi connectivity index (χ4n) is 3.01. The average Bonchev–Trinajstić information content (AvgIpc) is 2.80. The second-order valence-electron chi connectivity index (χ2n) is 5.58. The minimum Gasteiger partial charge on any atom is -0.340 e. The normalized spacial score (nSPS) is 11.6. The first kappa shape index (κ1) is 16.5. The molecule has 0 N–H and O–H groups in total. The van der Waals surface area contributed by atoms with Crippen molar-refractivity contribution >= 4 is 69.6 Å². The Morgan fingerprint density at radius 1 is 0.727 bits per heavy atom. The topological polar surface area (TPSA) is 4.93 Å². The molecule has 2 aromatic carbocycles. The van der Waals surface area contributed by atoms with Crippen LogP contribution in [0.15, 0.2) is 45.3 Å². The summed E-state index contributed by atoms with van der Waals surface area (Å²) in [6.07, 6.45) is 5.10. The van der Waals surface area contributed by atoms with E-state index in [2.05, 4.69) is 88.8 Å². The van der Waals surface area contributed by atoms with Crippen LogP contribution >= 0.6 is 47.8 Å². The van der Waals surface area contributed by atoms with Crippen molar-refractivity contribution in [1.29, 1.82) is 0 Å². The molecular weight excluding hydrogens is 470 g/mol. The van der Waals surface area contributed by atoms with Gasteiger partial charge in [0.05, 0.1) is 0 Å². The van der Waals surface area contributed by atoms with Crippen molar-refractivity contribution in [2.24, 2.45) is 0 Å². The molecule has 0 saturated carbocycles. The van der Waals surface area contributed by atoms with Gasteiger partial charge in [-0.05, 0) is 49.2 Å². The zero-order chi connectivity index (χ0) is 15.5. The number of halogens is 3. The monoisotopic (exact) mass is 485 g/mol. The molecule has 3 rings (SSSR count). The molecule has 22 heavy (non-hydrogen) atoms. The molecule has 0 unspecified atom stereocenters. The number of hydrogen-bond donors (Lipinski definition) is 0. The highest BCUT2D eigenvalue weighted by Crippen LogP contribution is 2.33. The fourth-order valence-corrected chi connectivity index (χ4v) is 4.13. The number of aryl methyl sites for hydroxylation is 1. The standard InChI is InChI=1S/C18H18Br3N/c19-9-3-1-2-4-10-22-17-7-5-13(20)11-15(17)16-12-14(21)6-8-18(16)22/h5-8,11-12H,1-4,9-10H2. The Balaban J connectivity index is 1.99. The van der Waals surface area contributed by atoms with Gasteiger partial charge in [-0.25, -0.2) is 0 Å². The van der Waals surface area contributed by atoms with Crippen LogP contribution in [0.2, 0.25) is 0 Å². The first-order chi connectivity index (χ1) is 10.7. The average molecular weight is 488 g/mol. The molecule has 1 heterocycles. The highest BCUT2D eigenvalue weighted by Gasteiger charge is 2.11. The number of nitrogens with zero attached hydrogens (tertiary/aromatic N) is 1. The van der Waals surface area contributed by atoms with Crippen molar-refractivity contribution in [3.63, 3.8) is 0 Å². The first-order valence-corrected chi connectivity index (χ1v) is 10.3. The van der Waals surface area contributed by atoms with E-state index in [1.54, 1.807) is 0 Å². The third kappa shape index (κ3) is 3.44. The van der Waals surface area contributed by atoms with Crippen molar-refractivity contribution in [3.8, 4) is 0 Å². The van der Waals surface area contributed by atoms with Gasteiger partial charge in [-0.1, -0.05) is 60.6 Å². The number of alkyl halides is 1. The SMILES string of the molecule is BrCCCCCCn1c2ccc(Br)cc2c2cc(Br)ccc21. The molecule has 3 aromatic rings. The molecule has 0 aliphatic rings. The summed E-state index contributed by atoms with van der Waals surface area (Å²) in [5.74, 6) is 0. The smallest absolute Gasteiger partial charge is 0.0492 e. The Morgan fingerprint density at radius 2 is 1.27 bits per heavy atom. The summed E-state index contributed by atoms with van der Waals surface area (Å²) < 4.78 is 4.74. The lowest BCUT2D eigenvalue weighted by Gasteiger charge is -2.07. The maximum Gasteiger partial charge on any atom is 0.0492 e. The number of hydrogen-bond acceptors (Lipinski definition) is 0. The molecular formula is C18H18Br3N.